The van der Waals surface area contributed by atoms with Crippen molar-refractivity contribution >= 4 is 6.29 Å². The molecule has 0 aromatic carbocycles. The Kier molecular flexibility index (Phi) is 3.14. The van der Waals surface area contributed by atoms with Crippen LogP contribution in [0.5, 0.6) is 0 Å². The third-order valence-electron chi connectivity index (χ3n) is 0.653. The molecule has 0 unspecified atom stereocenters. The van der Waals surface area contributed by atoms with Gasteiger partial charge in [0.25, 0.3) is 0 Å². The van der Waals surface area contributed by atoms with Crippen molar-refractivity contribution in [1.82, 2.24) is 4.90 Å². The number of carbonyl (C=O) groups is 1. The second kappa shape index (κ2) is 3.67. The monoisotopic (exact) mass is 124 g/mol. The van der Waals surface area contributed by atoms with Crippen molar-refractivity contribution in [3.63, 3.8) is 0 Å². The zero-order valence-electron chi connectivity index (χ0n) is 5.46. The number of allylic oxidation sites excluding steroid dienone is 1. The van der Waals surface area contributed by atoms with Crippen molar-refractivity contribution in [2.45, 2.75) is 0 Å². The lowest BCUT2D eigenvalue weighted by Gasteiger charge is -2.01. The molecule has 0 aromatic rings. The lowest BCUT2D eigenvalue weighted by molar-refractivity contribution is -0.104. The van der Waals surface area contributed by atoms with Crippen molar-refractivity contribution < 1.29 is 4.79 Å². The van der Waals surface area contributed by atoms with Gasteiger partial charge in [0.2, 0.25) is 0 Å². The van der Waals surface area contributed by atoms with E-state index < -0.39 is 0 Å². The maximum Gasteiger partial charge on any atom is 0.162 e. The number of nitrogens with zero attached hydrogens (tertiary/aromatic N) is 2. The van der Waals surface area contributed by atoms with E-state index in [1.807, 2.05) is 0 Å². The summed E-state index contributed by atoms with van der Waals surface area (Å²) in [4.78, 5) is 11.6. The van der Waals surface area contributed by atoms with Gasteiger partial charge in [-0.1, -0.05) is 0 Å². The van der Waals surface area contributed by atoms with Gasteiger partial charge in [-0.15, -0.1) is 0 Å². The zero-order chi connectivity index (χ0) is 7.28. The standard InChI is InChI=1S/C6H8N2O/c1-8(2)4-6(3-7)5-9/h4-5H,1-2H3/b6-4-. The molecule has 0 rings (SSSR count). The molecule has 0 N–H and O–H groups in total. The summed E-state index contributed by atoms with van der Waals surface area (Å²) in [5, 5.41) is 8.20. The van der Waals surface area contributed by atoms with Crippen LogP contribution < -0.4 is 0 Å². The average Bonchev–Trinajstić information content (AvgIpc) is 1.82. The second-order valence-corrected chi connectivity index (χ2v) is 1.78. The molecule has 0 heterocycles. The summed E-state index contributed by atoms with van der Waals surface area (Å²) in [5.74, 6) is 0. The van der Waals surface area contributed by atoms with E-state index in [2.05, 4.69) is 0 Å². The third-order valence-corrected chi connectivity index (χ3v) is 0.653. The highest BCUT2D eigenvalue weighted by Gasteiger charge is 1.89. The van der Waals surface area contributed by atoms with Gasteiger partial charge >= 0.3 is 0 Å². The van der Waals surface area contributed by atoms with Gasteiger partial charge in [-0.25, -0.2) is 0 Å². The number of hydrogen-bond donors (Lipinski definition) is 0. The highest BCUT2D eigenvalue weighted by atomic mass is 16.1. The van der Waals surface area contributed by atoms with Crippen molar-refractivity contribution in [1.29, 1.82) is 5.26 Å². The molecule has 0 aliphatic heterocycles. The maximum atomic E-state index is 9.95. The van der Waals surface area contributed by atoms with Crippen molar-refractivity contribution in [3.05, 3.63) is 11.8 Å². The topological polar surface area (TPSA) is 44.1 Å². The van der Waals surface area contributed by atoms with E-state index in [0.717, 1.165) is 0 Å². The molecule has 0 amide bonds. The second-order valence-electron chi connectivity index (χ2n) is 1.78. The van der Waals surface area contributed by atoms with Gasteiger partial charge in [0, 0.05) is 20.3 Å². The van der Waals surface area contributed by atoms with E-state index in [-0.39, 0.29) is 5.57 Å². The first-order valence-electron chi connectivity index (χ1n) is 2.44. The fraction of sp³-hybridized carbons (Fsp3) is 0.333. The molecule has 0 radical (unpaired) electrons. The van der Waals surface area contributed by atoms with Crippen LogP contribution in [0.4, 0.5) is 0 Å². The van der Waals surface area contributed by atoms with Crippen LogP contribution in [0.15, 0.2) is 11.8 Å². The Morgan fingerprint density at radius 2 is 2.22 bits per heavy atom. The fourth-order valence-electron chi connectivity index (χ4n) is 0.364. The zero-order valence-corrected chi connectivity index (χ0v) is 5.46. The number of aldehydes is 1. The van der Waals surface area contributed by atoms with Crippen LogP contribution >= 0.6 is 0 Å². The molecule has 0 aliphatic carbocycles. The Morgan fingerprint density at radius 3 is 2.33 bits per heavy atom. The largest absolute Gasteiger partial charge is 0.382 e. The first kappa shape index (κ1) is 7.70. The fourth-order valence-corrected chi connectivity index (χ4v) is 0.364. The lowest BCUT2D eigenvalue weighted by Crippen LogP contribution is -2.02. The Morgan fingerprint density at radius 1 is 1.67 bits per heavy atom. The van der Waals surface area contributed by atoms with E-state index in [4.69, 9.17) is 5.26 Å². The van der Waals surface area contributed by atoms with Crippen LogP contribution in [-0.4, -0.2) is 25.3 Å². The van der Waals surface area contributed by atoms with Gasteiger partial charge in [0.1, 0.15) is 11.6 Å². The van der Waals surface area contributed by atoms with Crippen LogP contribution in [0.25, 0.3) is 0 Å². The molecule has 3 nitrogen and oxygen atoms in total. The van der Waals surface area contributed by atoms with E-state index in [0.29, 0.717) is 6.29 Å². The molecule has 48 valence electrons. The average molecular weight is 124 g/mol. The molecular weight excluding hydrogens is 116 g/mol. The molecule has 0 atom stereocenters. The van der Waals surface area contributed by atoms with Crippen molar-refractivity contribution in [2.75, 3.05) is 14.1 Å². The minimum atomic E-state index is 0.139. The number of nitriles is 1. The number of carbonyl (C=O) groups excluding carboxylic acids is 1. The Bertz CT molecular complexity index is 164. The van der Waals surface area contributed by atoms with Gasteiger partial charge in [-0.05, 0) is 0 Å². The highest BCUT2D eigenvalue weighted by molar-refractivity contribution is 5.78. The van der Waals surface area contributed by atoms with Crippen LogP contribution in [0, 0.1) is 11.3 Å². The van der Waals surface area contributed by atoms with Gasteiger partial charge in [0.15, 0.2) is 6.29 Å². The SMILES string of the molecule is CN(C)/C=C(/C#N)C=O. The Labute approximate surface area is 54.2 Å². The minimum absolute atomic E-state index is 0.139. The molecule has 0 aliphatic rings. The summed E-state index contributed by atoms with van der Waals surface area (Å²) in [6.45, 7) is 0. The third kappa shape index (κ3) is 3.30. The molecule has 0 bridgehead atoms. The molecule has 0 saturated heterocycles. The van der Waals surface area contributed by atoms with Crippen molar-refractivity contribution in [3.8, 4) is 6.07 Å². The van der Waals surface area contributed by atoms with Gasteiger partial charge in [0.05, 0.1) is 0 Å². The lowest BCUT2D eigenvalue weighted by atomic mass is 10.3. The quantitative estimate of drug-likeness (QED) is 0.299. The molecule has 9 heavy (non-hydrogen) atoms. The predicted molar refractivity (Wildman–Crippen MR) is 33.4 cm³/mol. The van der Waals surface area contributed by atoms with Gasteiger partial charge in [-0.2, -0.15) is 5.26 Å². The van der Waals surface area contributed by atoms with E-state index in [9.17, 15) is 4.79 Å². The highest BCUT2D eigenvalue weighted by Crippen LogP contribution is 1.86. The van der Waals surface area contributed by atoms with Crippen LogP contribution in [0.1, 0.15) is 0 Å². The molecule has 0 aromatic heterocycles. The predicted octanol–water partition coefficient (Wildman–Crippen LogP) is 0.154. The molecule has 0 saturated carbocycles. The molecular formula is C6H8N2O. The smallest absolute Gasteiger partial charge is 0.162 e. The van der Waals surface area contributed by atoms with Crippen LogP contribution in [0.3, 0.4) is 0 Å². The van der Waals surface area contributed by atoms with Crippen LogP contribution in [0.2, 0.25) is 0 Å². The number of rotatable bonds is 2. The van der Waals surface area contributed by atoms with Crippen molar-refractivity contribution in [2.24, 2.45) is 0 Å². The summed E-state index contributed by atoms with van der Waals surface area (Å²) in [6, 6.07) is 1.73. The van der Waals surface area contributed by atoms with E-state index in [1.54, 1.807) is 25.1 Å². The van der Waals surface area contributed by atoms with Gasteiger partial charge < -0.3 is 4.90 Å². The molecule has 0 fully saturated rings. The summed E-state index contributed by atoms with van der Waals surface area (Å²) in [5.41, 5.74) is 0.139. The first-order chi connectivity index (χ1) is 4.20. The number of hydrogen-bond acceptors (Lipinski definition) is 3. The minimum Gasteiger partial charge on any atom is -0.382 e. The van der Waals surface area contributed by atoms with E-state index >= 15 is 0 Å². The molecule has 3 heteroatoms. The molecule has 0 spiro atoms. The maximum absolute atomic E-state index is 9.95. The van der Waals surface area contributed by atoms with Crippen LogP contribution in [-0.2, 0) is 4.79 Å². The summed E-state index contributed by atoms with van der Waals surface area (Å²) < 4.78 is 0. The first-order valence-corrected chi connectivity index (χ1v) is 2.44. The Balaban J connectivity index is 4.12. The summed E-state index contributed by atoms with van der Waals surface area (Å²) in [7, 11) is 3.50. The Hall–Kier alpha value is -1.30. The van der Waals surface area contributed by atoms with Gasteiger partial charge in [-0.3, -0.25) is 4.79 Å². The van der Waals surface area contributed by atoms with E-state index in [1.165, 1.54) is 6.20 Å². The summed E-state index contributed by atoms with van der Waals surface area (Å²) in [6.07, 6.45) is 1.99. The normalized spacial score (nSPS) is 10.1. The summed E-state index contributed by atoms with van der Waals surface area (Å²) >= 11 is 0.